The normalized spacial score (nSPS) is 16.1. The molecule has 0 bridgehead atoms. The van der Waals surface area contributed by atoms with Crippen LogP contribution in [-0.4, -0.2) is 37.8 Å². The van der Waals surface area contributed by atoms with Gasteiger partial charge in [-0.15, -0.1) is 0 Å². The van der Waals surface area contributed by atoms with Gasteiger partial charge in [0, 0.05) is 24.5 Å². The lowest BCUT2D eigenvalue weighted by molar-refractivity contribution is -0.116. The minimum Gasteiger partial charge on any atom is -0.374 e. The van der Waals surface area contributed by atoms with Crippen LogP contribution in [-0.2, 0) is 14.8 Å². The summed E-state index contributed by atoms with van der Waals surface area (Å²) in [5.74, 6) is -0.183. The Labute approximate surface area is 160 Å². The van der Waals surface area contributed by atoms with Gasteiger partial charge in [-0.3, -0.25) is 4.79 Å². The molecule has 1 fully saturated rings. The fourth-order valence-corrected chi connectivity index (χ4v) is 4.66. The van der Waals surface area contributed by atoms with Crippen molar-refractivity contribution in [3.05, 3.63) is 54.1 Å². The van der Waals surface area contributed by atoms with Crippen molar-refractivity contribution in [2.24, 2.45) is 0 Å². The average Bonchev–Trinajstić information content (AvgIpc) is 3.19. The van der Waals surface area contributed by atoms with Crippen molar-refractivity contribution in [3.63, 3.8) is 0 Å². The molecule has 6 nitrogen and oxygen atoms in total. The number of carbonyl (C=O) groups excluding carboxylic acids is 1. The Bertz CT molecular complexity index is 922. The van der Waals surface area contributed by atoms with Crippen LogP contribution >= 0.6 is 0 Å². The lowest BCUT2D eigenvalue weighted by atomic mass is 10.2. The summed E-state index contributed by atoms with van der Waals surface area (Å²) < 4.78 is 26.9. The third kappa shape index (κ3) is 4.48. The molecule has 0 aromatic heterocycles. The van der Waals surface area contributed by atoms with E-state index < -0.39 is 16.1 Å². The number of para-hydroxylation sites is 1. The van der Waals surface area contributed by atoms with Crippen molar-refractivity contribution < 1.29 is 13.2 Å². The SMILES string of the molecule is Cc1ccccc1NC(=O)[C@H](C)Nc1cccc(S(=O)(=O)N2CCCC2)c1. The van der Waals surface area contributed by atoms with Gasteiger partial charge < -0.3 is 10.6 Å². The fourth-order valence-electron chi connectivity index (χ4n) is 3.09. The lowest BCUT2D eigenvalue weighted by Crippen LogP contribution is -2.32. The Morgan fingerprint density at radius 3 is 2.48 bits per heavy atom. The molecule has 1 aliphatic rings. The van der Waals surface area contributed by atoms with Gasteiger partial charge >= 0.3 is 0 Å². The van der Waals surface area contributed by atoms with Gasteiger partial charge in [-0.2, -0.15) is 4.31 Å². The summed E-state index contributed by atoms with van der Waals surface area (Å²) in [6, 6.07) is 13.7. The molecular weight excluding hydrogens is 362 g/mol. The van der Waals surface area contributed by atoms with Crippen molar-refractivity contribution in [1.82, 2.24) is 4.31 Å². The van der Waals surface area contributed by atoms with E-state index in [2.05, 4.69) is 10.6 Å². The highest BCUT2D eigenvalue weighted by Gasteiger charge is 2.27. The van der Waals surface area contributed by atoms with Crippen LogP contribution in [0.4, 0.5) is 11.4 Å². The zero-order valence-electron chi connectivity index (χ0n) is 15.6. The van der Waals surface area contributed by atoms with E-state index in [1.807, 2.05) is 31.2 Å². The van der Waals surface area contributed by atoms with Crippen molar-refractivity contribution >= 4 is 27.3 Å². The van der Waals surface area contributed by atoms with Gasteiger partial charge in [0.1, 0.15) is 6.04 Å². The van der Waals surface area contributed by atoms with E-state index in [0.717, 1.165) is 24.1 Å². The van der Waals surface area contributed by atoms with E-state index in [4.69, 9.17) is 0 Å². The molecule has 7 heteroatoms. The van der Waals surface area contributed by atoms with Crippen LogP contribution in [0.3, 0.4) is 0 Å². The van der Waals surface area contributed by atoms with Gasteiger partial charge in [0.2, 0.25) is 15.9 Å². The molecule has 1 atom stereocenters. The second kappa shape index (κ2) is 8.10. The van der Waals surface area contributed by atoms with Crippen LogP contribution in [0.25, 0.3) is 0 Å². The molecule has 0 radical (unpaired) electrons. The highest BCUT2D eigenvalue weighted by molar-refractivity contribution is 7.89. The molecule has 3 rings (SSSR count). The number of aryl methyl sites for hydroxylation is 1. The molecule has 2 aromatic rings. The van der Waals surface area contributed by atoms with Crippen LogP contribution in [0.1, 0.15) is 25.3 Å². The zero-order valence-corrected chi connectivity index (χ0v) is 16.4. The topological polar surface area (TPSA) is 78.5 Å². The summed E-state index contributed by atoms with van der Waals surface area (Å²) in [5.41, 5.74) is 2.35. The largest absolute Gasteiger partial charge is 0.374 e. The number of rotatable bonds is 6. The molecule has 1 heterocycles. The highest BCUT2D eigenvalue weighted by atomic mass is 32.2. The van der Waals surface area contributed by atoms with E-state index >= 15 is 0 Å². The van der Waals surface area contributed by atoms with Gasteiger partial charge in [-0.1, -0.05) is 24.3 Å². The summed E-state index contributed by atoms with van der Waals surface area (Å²) in [6.07, 6.45) is 1.79. The average molecular weight is 388 g/mol. The van der Waals surface area contributed by atoms with Gasteiger partial charge in [0.25, 0.3) is 0 Å². The van der Waals surface area contributed by atoms with Gasteiger partial charge in [0.15, 0.2) is 0 Å². The Morgan fingerprint density at radius 1 is 1.07 bits per heavy atom. The molecule has 1 amide bonds. The number of nitrogens with zero attached hydrogens (tertiary/aromatic N) is 1. The van der Waals surface area contributed by atoms with Gasteiger partial charge in [-0.05, 0) is 56.5 Å². The Hall–Kier alpha value is -2.38. The van der Waals surface area contributed by atoms with Crippen molar-refractivity contribution in [1.29, 1.82) is 0 Å². The van der Waals surface area contributed by atoms with Crippen molar-refractivity contribution in [3.8, 4) is 0 Å². The smallest absolute Gasteiger partial charge is 0.246 e. The first-order chi connectivity index (χ1) is 12.9. The molecule has 0 unspecified atom stereocenters. The second-order valence-corrected chi connectivity index (χ2v) is 8.75. The van der Waals surface area contributed by atoms with Crippen LogP contribution in [0.15, 0.2) is 53.4 Å². The number of amides is 1. The van der Waals surface area contributed by atoms with E-state index in [-0.39, 0.29) is 10.8 Å². The van der Waals surface area contributed by atoms with Gasteiger partial charge in [0.05, 0.1) is 4.90 Å². The monoisotopic (exact) mass is 387 g/mol. The minimum absolute atomic E-state index is 0.183. The summed E-state index contributed by atoms with van der Waals surface area (Å²) in [4.78, 5) is 12.7. The molecule has 144 valence electrons. The number of anilines is 2. The highest BCUT2D eigenvalue weighted by Crippen LogP contribution is 2.23. The van der Waals surface area contributed by atoms with Crippen molar-refractivity contribution in [2.45, 2.75) is 37.6 Å². The Kier molecular flexibility index (Phi) is 5.82. The lowest BCUT2D eigenvalue weighted by Gasteiger charge is -2.18. The maximum absolute atomic E-state index is 12.7. The predicted octanol–water partition coefficient (Wildman–Crippen LogP) is 3.22. The number of hydrogen-bond donors (Lipinski definition) is 2. The summed E-state index contributed by atoms with van der Waals surface area (Å²) >= 11 is 0. The molecular formula is C20H25N3O3S. The zero-order chi connectivity index (χ0) is 19.4. The van der Waals surface area contributed by atoms with E-state index in [1.165, 1.54) is 4.31 Å². The number of hydrogen-bond acceptors (Lipinski definition) is 4. The van der Waals surface area contributed by atoms with E-state index in [0.29, 0.717) is 18.8 Å². The predicted molar refractivity (Wildman–Crippen MR) is 107 cm³/mol. The first-order valence-electron chi connectivity index (χ1n) is 9.11. The molecule has 0 saturated carbocycles. The summed E-state index contributed by atoms with van der Waals surface area (Å²) in [6.45, 7) is 4.81. The van der Waals surface area contributed by atoms with Crippen LogP contribution in [0, 0.1) is 6.92 Å². The maximum atomic E-state index is 12.7. The first-order valence-corrected chi connectivity index (χ1v) is 10.6. The molecule has 2 aromatic carbocycles. The third-order valence-electron chi connectivity index (χ3n) is 4.72. The maximum Gasteiger partial charge on any atom is 0.246 e. The van der Waals surface area contributed by atoms with Crippen LogP contribution in [0.2, 0.25) is 0 Å². The molecule has 0 spiro atoms. The molecule has 2 N–H and O–H groups in total. The molecule has 0 aliphatic carbocycles. The number of nitrogens with one attached hydrogen (secondary N) is 2. The van der Waals surface area contributed by atoms with Crippen LogP contribution < -0.4 is 10.6 Å². The summed E-state index contributed by atoms with van der Waals surface area (Å²) in [5, 5.41) is 5.98. The summed E-state index contributed by atoms with van der Waals surface area (Å²) in [7, 11) is -3.48. The Morgan fingerprint density at radius 2 is 1.78 bits per heavy atom. The quantitative estimate of drug-likeness (QED) is 0.798. The number of carbonyl (C=O) groups is 1. The van der Waals surface area contributed by atoms with Crippen molar-refractivity contribution in [2.75, 3.05) is 23.7 Å². The van der Waals surface area contributed by atoms with Crippen LogP contribution in [0.5, 0.6) is 0 Å². The van der Waals surface area contributed by atoms with E-state index in [9.17, 15) is 13.2 Å². The molecule has 1 aliphatic heterocycles. The minimum atomic E-state index is -3.48. The molecule has 27 heavy (non-hydrogen) atoms. The third-order valence-corrected chi connectivity index (χ3v) is 6.61. The number of sulfonamides is 1. The fraction of sp³-hybridized carbons (Fsp3) is 0.350. The van der Waals surface area contributed by atoms with Gasteiger partial charge in [-0.25, -0.2) is 8.42 Å². The first kappa shape index (κ1) is 19.4. The Balaban J connectivity index is 1.70. The molecule has 1 saturated heterocycles. The number of benzene rings is 2. The standard InChI is InChI=1S/C20H25N3O3S/c1-15-8-3-4-11-19(15)22-20(24)16(2)21-17-9-7-10-18(14-17)27(25,26)23-12-5-6-13-23/h3-4,7-11,14,16,21H,5-6,12-13H2,1-2H3,(H,22,24)/t16-/m0/s1. The van der Waals surface area contributed by atoms with E-state index in [1.54, 1.807) is 31.2 Å². The second-order valence-electron chi connectivity index (χ2n) is 6.81.